The van der Waals surface area contributed by atoms with E-state index >= 15 is 0 Å². The average Bonchev–Trinajstić information content (AvgIpc) is 2.56. The van der Waals surface area contributed by atoms with Gasteiger partial charge in [0.1, 0.15) is 6.10 Å². The third kappa shape index (κ3) is 2.44. The van der Waals surface area contributed by atoms with Crippen LogP contribution in [-0.4, -0.2) is 11.7 Å². The second-order valence-electron chi connectivity index (χ2n) is 4.62. The predicted octanol–water partition coefficient (Wildman–Crippen LogP) is 3.47. The van der Waals surface area contributed by atoms with E-state index in [-0.39, 0.29) is 5.60 Å². The fraction of sp³-hybridized carbons (Fsp3) is 0.667. The van der Waals surface area contributed by atoms with Crippen LogP contribution in [0.2, 0.25) is 0 Å². The first-order valence-electron chi connectivity index (χ1n) is 4.85. The molecular formula is C12H20O. The lowest BCUT2D eigenvalue weighted by Crippen LogP contribution is -2.00. The molecule has 1 atom stereocenters. The zero-order valence-electron chi connectivity index (χ0n) is 9.56. The Morgan fingerprint density at radius 1 is 1.15 bits per heavy atom. The van der Waals surface area contributed by atoms with Crippen LogP contribution < -0.4 is 0 Å². The second kappa shape index (κ2) is 3.30. The normalized spacial score (nSPS) is 25.7. The maximum atomic E-state index is 5.51. The zero-order valence-corrected chi connectivity index (χ0v) is 9.56. The summed E-state index contributed by atoms with van der Waals surface area (Å²) in [5, 5.41) is 0. The van der Waals surface area contributed by atoms with Gasteiger partial charge < -0.3 is 4.74 Å². The van der Waals surface area contributed by atoms with Gasteiger partial charge in [-0.25, -0.2) is 0 Å². The first kappa shape index (κ1) is 10.5. The van der Waals surface area contributed by atoms with Crippen molar-refractivity contribution in [2.75, 3.05) is 0 Å². The van der Waals surface area contributed by atoms with Gasteiger partial charge in [-0.3, -0.25) is 0 Å². The molecule has 1 rings (SSSR count). The van der Waals surface area contributed by atoms with Crippen molar-refractivity contribution in [3.05, 3.63) is 22.8 Å². The van der Waals surface area contributed by atoms with Crippen molar-refractivity contribution in [3.63, 3.8) is 0 Å². The Bertz CT molecular complexity index is 265. The van der Waals surface area contributed by atoms with Crippen molar-refractivity contribution in [3.8, 4) is 0 Å². The standard InChI is InChI=1S/C12H20O/c1-8(2)10(4)9(3)7-11-12(5,6)13-11/h7,11H,1-6H3/b9-7+. The van der Waals surface area contributed by atoms with E-state index in [1.807, 2.05) is 0 Å². The second-order valence-corrected chi connectivity index (χ2v) is 4.62. The van der Waals surface area contributed by atoms with Crippen molar-refractivity contribution in [2.45, 2.75) is 53.2 Å². The first-order valence-corrected chi connectivity index (χ1v) is 4.85. The Balaban J connectivity index is 2.70. The smallest absolute Gasteiger partial charge is 0.105 e. The fourth-order valence-electron chi connectivity index (χ4n) is 1.27. The van der Waals surface area contributed by atoms with Gasteiger partial charge in [0.05, 0.1) is 5.60 Å². The van der Waals surface area contributed by atoms with E-state index in [1.54, 1.807) is 0 Å². The van der Waals surface area contributed by atoms with E-state index in [9.17, 15) is 0 Å². The van der Waals surface area contributed by atoms with Gasteiger partial charge >= 0.3 is 0 Å². The Kier molecular flexibility index (Phi) is 2.67. The minimum atomic E-state index is 0.0726. The summed E-state index contributed by atoms with van der Waals surface area (Å²) >= 11 is 0. The largest absolute Gasteiger partial charge is 0.362 e. The Labute approximate surface area is 81.5 Å². The Hall–Kier alpha value is -0.560. The third-order valence-electron chi connectivity index (χ3n) is 2.80. The van der Waals surface area contributed by atoms with Crippen molar-refractivity contribution in [2.24, 2.45) is 0 Å². The fourth-order valence-corrected chi connectivity index (χ4v) is 1.27. The van der Waals surface area contributed by atoms with Crippen LogP contribution in [0, 0.1) is 0 Å². The molecule has 0 aromatic heterocycles. The number of allylic oxidation sites excluding steroid dienone is 3. The van der Waals surface area contributed by atoms with E-state index in [1.165, 1.54) is 16.7 Å². The van der Waals surface area contributed by atoms with E-state index < -0.39 is 0 Å². The molecule has 0 aromatic rings. The van der Waals surface area contributed by atoms with Crippen LogP contribution >= 0.6 is 0 Å². The molecule has 0 amide bonds. The topological polar surface area (TPSA) is 12.5 Å². The van der Waals surface area contributed by atoms with Crippen LogP contribution in [0.5, 0.6) is 0 Å². The highest BCUT2D eigenvalue weighted by molar-refractivity contribution is 5.33. The molecule has 1 heterocycles. The zero-order chi connectivity index (χ0) is 10.2. The van der Waals surface area contributed by atoms with E-state index in [2.05, 4.69) is 47.6 Å². The highest BCUT2D eigenvalue weighted by Gasteiger charge is 2.46. The molecule has 0 radical (unpaired) electrons. The van der Waals surface area contributed by atoms with Gasteiger partial charge in [0.25, 0.3) is 0 Å². The van der Waals surface area contributed by atoms with Crippen LogP contribution in [0.15, 0.2) is 22.8 Å². The summed E-state index contributed by atoms with van der Waals surface area (Å²) in [5.41, 5.74) is 4.18. The van der Waals surface area contributed by atoms with Gasteiger partial charge in [-0.1, -0.05) is 5.57 Å². The van der Waals surface area contributed by atoms with Gasteiger partial charge in [0.2, 0.25) is 0 Å². The Morgan fingerprint density at radius 2 is 1.62 bits per heavy atom. The molecule has 0 aromatic carbocycles. The lowest BCUT2D eigenvalue weighted by Gasteiger charge is -2.03. The molecule has 0 N–H and O–H groups in total. The lowest BCUT2D eigenvalue weighted by molar-refractivity contribution is 0.333. The molecule has 0 spiro atoms. The minimum absolute atomic E-state index is 0.0726. The van der Waals surface area contributed by atoms with Gasteiger partial charge in [0, 0.05) is 0 Å². The molecule has 1 fully saturated rings. The third-order valence-corrected chi connectivity index (χ3v) is 2.80. The lowest BCUT2D eigenvalue weighted by atomic mass is 10.0. The van der Waals surface area contributed by atoms with Gasteiger partial charge in [-0.05, 0) is 58.8 Å². The highest BCUT2D eigenvalue weighted by Crippen LogP contribution is 2.37. The van der Waals surface area contributed by atoms with E-state index in [0.29, 0.717) is 6.10 Å². The maximum Gasteiger partial charge on any atom is 0.105 e. The van der Waals surface area contributed by atoms with Crippen molar-refractivity contribution >= 4 is 0 Å². The SMILES string of the molecule is CC(C)=C(C)/C(C)=C/C1OC1(C)C. The number of hydrogen-bond acceptors (Lipinski definition) is 1. The maximum absolute atomic E-state index is 5.51. The molecule has 0 aliphatic carbocycles. The molecule has 1 unspecified atom stereocenters. The van der Waals surface area contributed by atoms with Gasteiger partial charge in [-0.2, -0.15) is 0 Å². The van der Waals surface area contributed by atoms with Crippen LogP contribution in [0.1, 0.15) is 41.5 Å². The van der Waals surface area contributed by atoms with Crippen LogP contribution in [0.25, 0.3) is 0 Å². The molecule has 13 heavy (non-hydrogen) atoms. The van der Waals surface area contributed by atoms with E-state index in [0.717, 1.165) is 0 Å². The number of epoxide rings is 1. The molecule has 0 saturated carbocycles. The molecule has 0 bridgehead atoms. The van der Waals surface area contributed by atoms with Crippen molar-refractivity contribution in [1.82, 2.24) is 0 Å². The Morgan fingerprint density at radius 3 is 1.92 bits per heavy atom. The molecular weight excluding hydrogens is 160 g/mol. The van der Waals surface area contributed by atoms with Crippen molar-refractivity contribution in [1.29, 1.82) is 0 Å². The summed E-state index contributed by atoms with van der Waals surface area (Å²) in [4.78, 5) is 0. The molecule has 1 aliphatic rings. The molecule has 1 nitrogen and oxygen atoms in total. The summed E-state index contributed by atoms with van der Waals surface area (Å²) in [5.74, 6) is 0. The summed E-state index contributed by atoms with van der Waals surface area (Å²) in [6, 6.07) is 0. The number of ether oxygens (including phenoxy) is 1. The van der Waals surface area contributed by atoms with Gasteiger partial charge in [0.15, 0.2) is 0 Å². The molecule has 1 aliphatic heterocycles. The van der Waals surface area contributed by atoms with Crippen LogP contribution in [0.3, 0.4) is 0 Å². The first-order chi connectivity index (χ1) is 5.84. The summed E-state index contributed by atoms with van der Waals surface area (Å²) in [6.45, 7) is 12.9. The summed E-state index contributed by atoms with van der Waals surface area (Å²) in [6.07, 6.45) is 2.55. The van der Waals surface area contributed by atoms with Gasteiger partial charge in [-0.15, -0.1) is 0 Å². The minimum Gasteiger partial charge on any atom is -0.362 e. The summed E-state index contributed by atoms with van der Waals surface area (Å²) in [7, 11) is 0. The van der Waals surface area contributed by atoms with E-state index in [4.69, 9.17) is 4.74 Å². The molecule has 1 saturated heterocycles. The molecule has 1 heteroatoms. The summed E-state index contributed by atoms with van der Waals surface area (Å²) < 4.78 is 5.51. The number of rotatable bonds is 2. The van der Waals surface area contributed by atoms with Crippen molar-refractivity contribution < 1.29 is 4.74 Å². The predicted molar refractivity (Wildman–Crippen MR) is 56.8 cm³/mol. The number of hydrogen-bond donors (Lipinski definition) is 0. The monoisotopic (exact) mass is 180 g/mol. The average molecular weight is 180 g/mol. The molecule has 74 valence electrons. The highest BCUT2D eigenvalue weighted by atomic mass is 16.6. The van der Waals surface area contributed by atoms with Crippen LogP contribution in [-0.2, 0) is 4.74 Å². The van der Waals surface area contributed by atoms with Crippen LogP contribution in [0.4, 0.5) is 0 Å². The quantitative estimate of drug-likeness (QED) is 0.468.